The van der Waals surface area contributed by atoms with E-state index in [2.05, 4.69) is 19.9 Å². The number of thiophene rings is 1. The number of hydrogen-bond acceptors (Lipinski definition) is 4. The van der Waals surface area contributed by atoms with Crippen molar-refractivity contribution < 1.29 is 4.79 Å². The van der Waals surface area contributed by atoms with E-state index in [0.717, 1.165) is 39.6 Å². The molecule has 0 spiro atoms. The van der Waals surface area contributed by atoms with E-state index in [-0.39, 0.29) is 5.91 Å². The monoisotopic (exact) mass is 298 g/mol. The quantitative estimate of drug-likeness (QED) is 0.808. The molecule has 21 heavy (non-hydrogen) atoms. The number of nitrogens with zero attached hydrogens (tertiary/aromatic N) is 3. The molecule has 0 aliphatic heterocycles. The molecule has 0 atom stereocenters. The summed E-state index contributed by atoms with van der Waals surface area (Å²) in [5.74, 6) is 0.923. The van der Waals surface area contributed by atoms with Gasteiger partial charge in [0, 0.05) is 12.2 Å². The SMILES string of the molecule is Cc1nc2cnccc2n1-c1ccc(C(=O)NC2CC2)s1. The lowest BCUT2D eigenvalue weighted by Crippen LogP contribution is -2.24. The Labute approximate surface area is 125 Å². The minimum absolute atomic E-state index is 0.0255. The highest BCUT2D eigenvalue weighted by Crippen LogP contribution is 2.27. The number of hydrogen-bond donors (Lipinski definition) is 1. The van der Waals surface area contributed by atoms with Crippen LogP contribution in [0, 0.1) is 6.92 Å². The third-order valence-electron chi connectivity index (χ3n) is 3.57. The average Bonchev–Trinajstić information content (AvgIpc) is 3.03. The van der Waals surface area contributed by atoms with Crippen LogP contribution in [0.3, 0.4) is 0 Å². The molecular weight excluding hydrogens is 284 g/mol. The lowest BCUT2D eigenvalue weighted by atomic mass is 10.4. The Morgan fingerprint density at radius 1 is 1.38 bits per heavy atom. The van der Waals surface area contributed by atoms with Crippen molar-refractivity contribution in [1.82, 2.24) is 19.9 Å². The first kappa shape index (κ1) is 12.5. The van der Waals surface area contributed by atoms with Gasteiger partial charge in [-0.3, -0.25) is 14.3 Å². The van der Waals surface area contributed by atoms with Gasteiger partial charge >= 0.3 is 0 Å². The second kappa shape index (κ2) is 4.66. The van der Waals surface area contributed by atoms with E-state index in [4.69, 9.17) is 0 Å². The minimum atomic E-state index is 0.0255. The zero-order valence-electron chi connectivity index (χ0n) is 11.5. The number of nitrogens with one attached hydrogen (secondary N) is 1. The van der Waals surface area contributed by atoms with Crippen LogP contribution in [0.4, 0.5) is 0 Å². The van der Waals surface area contributed by atoms with Gasteiger partial charge in [0.1, 0.15) is 16.3 Å². The van der Waals surface area contributed by atoms with Gasteiger partial charge in [0.05, 0.1) is 16.6 Å². The molecule has 1 fully saturated rings. The molecule has 5 nitrogen and oxygen atoms in total. The second-order valence-corrected chi connectivity index (χ2v) is 6.31. The predicted octanol–water partition coefficient (Wildman–Crippen LogP) is 2.68. The Balaban J connectivity index is 1.73. The summed E-state index contributed by atoms with van der Waals surface area (Å²) in [5, 5.41) is 4.02. The van der Waals surface area contributed by atoms with Crippen LogP contribution >= 0.6 is 11.3 Å². The topological polar surface area (TPSA) is 59.8 Å². The zero-order valence-corrected chi connectivity index (χ0v) is 12.4. The summed E-state index contributed by atoms with van der Waals surface area (Å²) < 4.78 is 2.07. The van der Waals surface area contributed by atoms with Crippen molar-refractivity contribution in [3.63, 3.8) is 0 Å². The summed E-state index contributed by atoms with van der Waals surface area (Å²) in [6.45, 7) is 1.96. The molecule has 1 aliphatic carbocycles. The fraction of sp³-hybridized carbons (Fsp3) is 0.267. The Morgan fingerprint density at radius 3 is 3.05 bits per heavy atom. The van der Waals surface area contributed by atoms with E-state index in [0.29, 0.717) is 6.04 Å². The molecule has 0 bridgehead atoms. The fourth-order valence-electron chi connectivity index (χ4n) is 2.38. The Hall–Kier alpha value is -2.21. The standard InChI is InChI=1S/C15H14N4OS/c1-9-17-11-8-16-7-6-12(11)19(9)14-5-4-13(21-14)15(20)18-10-2-3-10/h4-8,10H,2-3H2,1H3,(H,18,20). The molecule has 0 aromatic carbocycles. The van der Waals surface area contributed by atoms with Crippen LogP contribution in [0.1, 0.15) is 28.3 Å². The first-order chi connectivity index (χ1) is 10.2. The predicted molar refractivity (Wildman–Crippen MR) is 82.0 cm³/mol. The van der Waals surface area contributed by atoms with Crippen LogP contribution < -0.4 is 5.32 Å². The Bertz CT molecular complexity index is 831. The van der Waals surface area contributed by atoms with Crippen LogP contribution in [0.25, 0.3) is 16.0 Å². The number of fused-ring (bicyclic) bond motifs is 1. The van der Waals surface area contributed by atoms with Gasteiger partial charge in [-0.1, -0.05) is 0 Å². The van der Waals surface area contributed by atoms with E-state index in [1.807, 2.05) is 25.1 Å². The average molecular weight is 298 g/mol. The number of pyridine rings is 1. The van der Waals surface area contributed by atoms with Crippen molar-refractivity contribution in [2.45, 2.75) is 25.8 Å². The summed E-state index contributed by atoms with van der Waals surface area (Å²) in [7, 11) is 0. The number of carbonyl (C=O) groups is 1. The van der Waals surface area contributed by atoms with Crippen molar-refractivity contribution >= 4 is 28.3 Å². The lowest BCUT2D eigenvalue weighted by Gasteiger charge is -2.03. The van der Waals surface area contributed by atoms with Gasteiger partial charge in [-0.05, 0) is 38.0 Å². The molecule has 3 aromatic rings. The molecule has 3 heterocycles. The van der Waals surface area contributed by atoms with E-state index in [9.17, 15) is 4.79 Å². The largest absolute Gasteiger partial charge is 0.349 e. The maximum absolute atomic E-state index is 12.1. The number of carbonyl (C=O) groups excluding carboxylic acids is 1. The maximum Gasteiger partial charge on any atom is 0.261 e. The van der Waals surface area contributed by atoms with Crippen molar-refractivity contribution in [2.24, 2.45) is 0 Å². The normalized spacial score (nSPS) is 14.5. The summed E-state index contributed by atoms with van der Waals surface area (Å²) in [6, 6.07) is 6.18. The third-order valence-corrected chi connectivity index (χ3v) is 4.64. The number of aromatic nitrogens is 3. The van der Waals surface area contributed by atoms with Crippen molar-refractivity contribution in [3.05, 3.63) is 41.3 Å². The Morgan fingerprint density at radius 2 is 2.24 bits per heavy atom. The van der Waals surface area contributed by atoms with Crippen molar-refractivity contribution in [3.8, 4) is 5.00 Å². The van der Waals surface area contributed by atoms with E-state index in [1.54, 1.807) is 12.4 Å². The fourth-order valence-corrected chi connectivity index (χ4v) is 3.36. The van der Waals surface area contributed by atoms with Crippen molar-refractivity contribution in [2.75, 3.05) is 0 Å². The number of amides is 1. The molecule has 6 heteroatoms. The third kappa shape index (κ3) is 2.21. The van der Waals surface area contributed by atoms with Crippen LogP contribution in [0.2, 0.25) is 0 Å². The molecule has 0 radical (unpaired) electrons. The zero-order chi connectivity index (χ0) is 14.4. The maximum atomic E-state index is 12.1. The molecule has 4 rings (SSSR count). The van der Waals surface area contributed by atoms with E-state index < -0.39 is 0 Å². The summed E-state index contributed by atoms with van der Waals surface area (Å²) >= 11 is 1.49. The first-order valence-corrected chi connectivity index (χ1v) is 7.74. The second-order valence-electron chi connectivity index (χ2n) is 5.24. The number of aryl methyl sites for hydroxylation is 1. The molecule has 106 valence electrons. The molecule has 3 aromatic heterocycles. The van der Waals surface area contributed by atoms with Gasteiger partial charge in [0.2, 0.25) is 0 Å². The number of rotatable bonds is 3. The molecule has 0 saturated heterocycles. The molecule has 1 saturated carbocycles. The van der Waals surface area contributed by atoms with Crippen LogP contribution in [0.5, 0.6) is 0 Å². The van der Waals surface area contributed by atoms with Gasteiger partial charge in [0.15, 0.2) is 0 Å². The molecular formula is C15H14N4OS. The van der Waals surface area contributed by atoms with Crippen LogP contribution in [-0.2, 0) is 0 Å². The molecule has 1 amide bonds. The lowest BCUT2D eigenvalue weighted by molar-refractivity contribution is 0.0955. The molecule has 1 aliphatic rings. The van der Waals surface area contributed by atoms with Crippen LogP contribution in [0.15, 0.2) is 30.6 Å². The minimum Gasteiger partial charge on any atom is -0.349 e. The number of imidazole rings is 1. The van der Waals surface area contributed by atoms with Gasteiger partial charge < -0.3 is 5.32 Å². The van der Waals surface area contributed by atoms with Gasteiger partial charge in [-0.2, -0.15) is 0 Å². The van der Waals surface area contributed by atoms with Gasteiger partial charge in [-0.25, -0.2) is 4.98 Å². The highest BCUT2D eigenvalue weighted by molar-refractivity contribution is 7.16. The molecule has 0 unspecified atom stereocenters. The first-order valence-electron chi connectivity index (χ1n) is 6.92. The summed E-state index contributed by atoms with van der Waals surface area (Å²) in [6.07, 6.45) is 5.71. The van der Waals surface area contributed by atoms with E-state index >= 15 is 0 Å². The highest BCUT2D eigenvalue weighted by atomic mass is 32.1. The molecule has 1 N–H and O–H groups in total. The Kier molecular flexibility index (Phi) is 2.78. The van der Waals surface area contributed by atoms with Gasteiger partial charge in [0.25, 0.3) is 5.91 Å². The van der Waals surface area contributed by atoms with Crippen molar-refractivity contribution in [1.29, 1.82) is 0 Å². The summed E-state index contributed by atoms with van der Waals surface area (Å²) in [5.41, 5.74) is 1.88. The van der Waals surface area contributed by atoms with Gasteiger partial charge in [-0.15, -0.1) is 11.3 Å². The highest BCUT2D eigenvalue weighted by Gasteiger charge is 2.24. The van der Waals surface area contributed by atoms with Crippen LogP contribution in [-0.4, -0.2) is 26.5 Å². The smallest absolute Gasteiger partial charge is 0.261 e. The summed E-state index contributed by atoms with van der Waals surface area (Å²) in [4.78, 5) is 21.4. The van der Waals surface area contributed by atoms with E-state index in [1.165, 1.54) is 11.3 Å².